The van der Waals surface area contributed by atoms with Crippen LogP contribution in [0, 0.1) is 23.2 Å². The summed E-state index contributed by atoms with van der Waals surface area (Å²) in [6.07, 6.45) is 8.20. The average Bonchev–Trinajstić information content (AvgIpc) is 2.45. The summed E-state index contributed by atoms with van der Waals surface area (Å²) in [6, 6.07) is 0.666. The van der Waals surface area contributed by atoms with Crippen LogP contribution >= 0.6 is 0 Å². The second kappa shape index (κ2) is 7.26. The quantitative estimate of drug-likeness (QED) is 0.832. The molecule has 0 radical (unpaired) electrons. The fraction of sp³-hybridized carbons (Fsp3) is 1.00. The van der Waals surface area contributed by atoms with Crippen LogP contribution in [0.2, 0.25) is 0 Å². The zero-order valence-electron chi connectivity index (χ0n) is 14.1. The zero-order chi connectivity index (χ0) is 14.6. The van der Waals surface area contributed by atoms with Gasteiger partial charge in [-0.15, -0.1) is 0 Å². The van der Waals surface area contributed by atoms with Crippen molar-refractivity contribution < 1.29 is 4.74 Å². The van der Waals surface area contributed by atoms with Crippen molar-refractivity contribution in [1.82, 2.24) is 5.32 Å². The van der Waals surface area contributed by atoms with Crippen LogP contribution in [0.15, 0.2) is 0 Å². The maximum Gasteiger partial charge on any atom is 0.0469 e. The molecule has 2 nitrogen and oxygen atoms in total. The van der Waals surface area contributed by atoms with E-state index in [1.807, 2.05) is 0 Å². The van der Waals surface area contributed by atoms with Crippen molar-refractivity contribution in [1.29, 1.82) is 0 Å². The monoisotopic (exact) mass is 281 g/mol. The second-order valence-corrected chi connectivity index (χ2v) is 8.23. The van der Waals surface area contributed by atoms with Crippen molar-refractivity contribution in [3.05, 3.63) is 0 Å². The third-order valence-electron chi connectivity index (χ3n) is 5.77. The molecule has 0 amide bonds. The van der Waals surface area contributed by atoms with Gasteiger partial charge in [-0.1, -0.05) is 20.8 Å². The predicted octanol–water partition coefficient (Wildman–Crippen LogP) is 4.24. The minimum absolute atomic E-state index is 0.508. The van der Waals surface area contributed by atoms with Crippen molar-refractivity contribution in [3.63, 3.8) is 0 Å². The lowest BCUT2D eigenvalue weighted by Crippen LogP contribution is -2.40. The SMILES string of the molecule is CC(NCC1CCC(C(C)(C)C)CC1)C1CCOCC1. The molecule has 20 heavy (non-hydrogen) atoms. The van der Waals surface area contributed by atoms with E-state index in [1.54, 1.807) is 0 Å². The molecule has 2 aliphatic rings. The molecule has 2 fully saturated rings. The van der Waals surface area contributed by atoms with E-state index in [0.717, 1.165) is 31.0 Å². The van der Waals surface area contributed by atoms with Gasteiger partial charge in [0.15, 0.2) is 0 Å². The van der Waals surface area contributed by atoms with Gasteiger partial charge in [0, 0.05) is 19.3 Å². The van der Waals surface area contributed by atoms with E-state index in [0.29, 0.717) is 11.5 Å². The maximum atomic E-state index is 5.46. The van der Waals surface area contributed by atoms with Gasteiger partial charge in [-0.2, -0.15) is 0 Å². The highest BCUT2D eigenvalue weighted by molar-refractivity contribution is 4.82. The average molecular weight is 281 g/mol. The molecule has 1 heterocycles. The molecular formula is C18H35NO. The molecule has 1 saturated heterocycles. The number of nitrogens with one attached hydrogen (secondary N) is 1. The minimum Gasteiger partial charge on any atom is -0.381 e. The summed E-state index contributed by atoms with van der Waals surface area (Å²) in [5.41, 5.74) is 0.508. The van der Waals surface area contributed by atoms with Crippen molar-refractivity contribution in [2.45, 2.75) is 72.3 Å². The van der Waals surface area contributed by atoms with Crippen molar-refractivity contribution in [2.75, 3.05) is 19.8 Å². The molecular weight excluding hydrogens is 246 g/mol. The molecule has 0 bridgehead atoms. The molecule has 1 atom stereocenters. The third kappa shape index (κ3) is 4.73. The fourth-order valence-electron chi connectivity index (χ4n) is 3.97. The molecule has 1 N–H and O–H groups in total. The van der Waals surface area contributed by atoms with E-state index in [-0.39, 0.29) is 0 Å². The lowest BCUT2D eigenvalue weighted by atomic mass is 9.70. The molecule has 1 unspecified atom stereocenters. The van der Waals surface area contributed by atoms with Gasteiger partial charge in [0.2, 0.25) is 0 Å². The Morgan fingerprint density at radius 1 is 1.00 bits per heavy atom. The minimum atomic E-state index is 0.508. The van der Waals surface area contributed by atoms with Crippen molar-refractivity contribution in [3.8, 4) is 0 Å². The smallest absolute Gasteiger partial charge is 0.0469 e. The number of rotatable bonds is 4. The Kier molecular flexibility index (Phi) is 5.92. The van der Waals surface area contributed by atoms with Crippen LogP contribution in [0.4, 0.5) is 0 Å². The van der Waals surface area contributed by atoms with Gasteiger partial charge in [0.05, 0.1) is 0 Å². The largest absolute Gasteiger partial charge is 0.381 e. The fourth-order valence-corrected chi connectivity index (χ4v) is 3.97. The summed E-state index contributed by atoms with van der Waals surface area (Å²) < 4.78 is 5.46. The highest BCUT2D eigenvalue weighted by Gasteiger charge is 2.30. The Balaban J connectivity index is 1.65. The van der Waals surface area contributed by atoms with Crippen LogP contribution in [0.3, 0.4) is 0 Å². The number of ether oxygens (including phenoxy) is 1. The van der Waals surface area contributed by atoms with Gasteiger partial charge in [0.1, 0.15) is 0 Å². The molecule has 118 valence electrons. The van der Waals surface area contributed by atoms with E-state index in [1.165, 1.54) is 45.1 Å². The Bertz CT molecular complexity index is 270. The van der Waals surface area contributed by atoms with Crippen LogP contribution in [-0.2, 0) is 4.74 Å². The first-order valence-corrected chi connectivity index (χ1v) is 8.78. The van der Waals surface area contributed by atoms with E-state index < -0.39 is 0 Å². The third-order valence-corrected chi connectivity index (χ3v) is 5.77. The molecule has 2 rings (SSSR count). The van der Waals surface area contributed by atoms with Crippen LogP contribution in [0.25, 0.3) is 0 Å². The molecule has 2 heteroatoms. The van der Waals surface area contributed by atoms with E-state index >= 15 is 0 Å². The highest BCUT2D eigenvalue weighted by Crippen LogP contribution is 2.39. The zero-order valence-corrected chi connectivity index (χ0v) is 14.1. The maximum absolute atomic E-state index is 5.46. The summed E-state index contributed by atoms with van der Waals surface area (Å²) in [5, 5.41) is 3.82. The van der Waals surface area contributed by atoms with E-state index in [9.17, 15) is 0 Å². The topological polar surface area (TPSA) is 21.3 Å². The molecule has 0 aromatic carbocycles. The van der Waals surface area contributed by atoms with Crippen LogP contribution in [0.1, 0.15) is 66.2 Å². The lowest BCUT2D eigenvalue weighted by Gasteiger charge is -2.37. The van der Waals surface area contributed by atoms with Gasteiger partial charge in [-0.25, -0.2) is 0 Å². The standard InChI is InChI=1S/C18H35NO/c1-14(16-9-11-20-12-10-16)19-13-15-5-7-17(8-6-15)18(2,3)4/h14-17,19H,5-13H2,1-4H3. The van der Waals surface area contributed by atoms with Crippen LogP contribution < -0.4 is 5.32 Å². The summed E-state index contributed by atoms with van der Waals surface area (Å²) in [4.78, 5) is 0. The highest BCUT2D eigenvalue weighted by atomic mass is 16.5. The molecule has 1 saturated carbocycles. The Morgan fingerprint density at radius 3 is 2.15 bits per heavy atom. The van der Waals surface area contributed by atoms with Crippen LogP contribution in [0.5, 0.6) is 0 Å². The Labute approximate surface area is 126 Å². The first-order chi connectivity index (χ1) is 9.47. The molecule has 0 aromatic rings. The summed E-state index contributed by atoms with van der Waals surface area (Å²) >= 11 is 0. The van der Waals surface area contributed by atoms with E-state index in [4.69, 9.17) is 4.74 Å². The number of hydrogen-bond acceptors (Lipinski definition) is 2. The summed E-state index contributed by atoms with van der Waals surface area (Å²) in [5.74, 6) is 2.68. The van der Waals surface area contributed by atoms with Gasteiger partial charge in [-0.3, -0.25) is 0 Å². The van der Waals surface area contributed by atoms with Crippen LogP contribution in [-0.4, -0.2) is 25.8 Å². The molecule has 1 aliphatic heterocycles. The van der Waals surface area contributed by atoms with Gasteiger partial charge in [-0.05, 0) is 75.2 Å². The summed E-state index contributed by atoms with van der Waals surface area (Å²) in [7, 11) is 0. The summed E-state index contributed by atoms with van der Waals surface area (Å²) in [6.45, 7) is 12.8. The Hall–Kier alpha value is -0.0800. The molecule has 1 aliphatic carbocycles. The van der Waals surface area contributed by atoms with Gasteiger partial charge >= 0.3 is 0 Å². The lowest BCUT2D eigenvalue weighted by molar-refractivity contribution is 0.0547. The van der Waals surface area contributed by atoms with Crippen molar-refractivity contribution >= 4 is 0 Å². The van der Waals surface area contributed by atoms with Gasteiger partial charge in [0.25, 0.3) is 0 Å². The predicted molar refractivity (Wildman–Crippen MR) is 85.9 cm³/mol. The van der Waals surface area contributed by atoms with Gasteiger partial charge < -0.3 is 10.1 Å². The Morgan fingerprint density at radius 2 is 1.60 bits per heavy atom. The van der Waals surface area contributed by atoms with E-state index in [2.05, 4.69) is 33.0 Å². The normalized spacial score (nSPS) is 31.2. The molecule has 0 aromatic heterocycles. The first-order valence-electron chi connectivity index (χ1n) is 8.78. The number of hydrogen-bond donors (Lipinski definition) is 1. The second-order valence-electron chi connectivity index (χ2n) is 8.23. The first kappa shape index (κ1) is 16.3. The molecule has 0 spiro atoms. The van der Waals surface area contributed by atoms with Crippen molar-refractivity contribution in [2.24, 2.45) is 23.2 Å².